The SMILES string of the molecule is O=CN(O)C[C@@H](CC(=O)N1CC2(CC2)C[C@H]1C(=O)Nc1ncco1)CC1CCCC1. The number of aromatic nitrogens is 1. The van der Waals surface area contributed by atoms with Gasteiger partial charge in [-0.15, -0.1) is 0 Å². The molecule has 164 valence electrons. The van der Waals surface area contributed by atoms with Crippen molar-refractivity contribution in [2.45, 2.75) is 63.8 Å². The van der Waals surface area contributed by atoms with Gasteiger partial charge in [-0.1, -0.05) is 25.7 Å². The van der Waals surface area contributed by atoms with E-state index in [0.717, 1.165) is 32.1 Å². The summed E-state index contributed by atoms with van der Waals surface area (Å²) in [5.74, 6) is 0.0366. The van der Waals surface area contributed by atoms with Gasteiger partial charge in [0.25, 0.3) is 5.91 Å². The minimum Gasteiger partial charge on any atom is -0.432 e. The number of nitrogens with one attached hydrogen (secondary N) is 1. The van der Waals surface area contributed by atoms with Crippen LogP contribution in [0.2, 0.25) is 0 Å². The van der Waals surface area contributed by atoms with E-state index in [1.165, 1.54) is 25.3 Å². The Morgan fingerprint density at radius 3 is 2.80 bits per heavy atom. The maximum absolute atomic E-state index is 13.3. The molecule has 30 heavy (non-hydrogen) atoms. The summed E-state index contributed by atoms with van der Waals surface area (Å²) in [5, 5.41) is 13.0. The van der Waals surface area contributed by atoms with E-state index in [-0.39, 0.29) is 42.1 Å². The van der Waals surface area contributed by atoms with Crippen LogP contribution >= 0.6 is 0 Å². The molecule has 0 bridgehead atoms. The average Bonchev–Trinajstić information content (AvgIpc) is 3.14. The summed E-state index contributed by atoms with van der Waals surface area (Å²) >= 11 is 0. The van der Waals surface area contributed by atoms with Crippen LogP contribution < -0.4 is 5.32 Å². The van der Waals surface area contributed by atoms with Crippen molar-refractivity contribution in [3.63, 3.8) is 0 Å². The van der Waals surface area contributed by atoms with Crippen LogP contribution in [0.4, 0.5) is 6.01 Å². The van der Waals surface area contributed by atoms with Gasteiger partial charge in [-0.2, -0.15) is 0 Å². The number of hydrogen-bond acceptors (Lipinski definition) is 6. The first-order valence-electron chi connectivity index (χ1n) is 10.9. The van der Waals surface area contributed by atoms with Crippen molar-refractivity contribution in [3.8, 4) is 0 Å². The highest BCUT2D eigenvalue weighted by molar-refractivity contribution is 5.96. The lowest BCUT2D eigenvalue weighted by atomic mass is 9.90. The zero-order valence-electron chi connectivity index (χ0n) is 17.2. The average molecular weight is 418 g/mol. The molecule has 9 heteroatoms. The maximum Gasteiger partial charge on any atom is 0.301 e. The summed E-state index contributed by atoms with van der Waals surface area (Å²) in [5.41, 5.74) is 0.0566. The topological polar surface area (TPSA) is 116 Å². The van der Waals surface area contributed by atoms with Crippen LogP contribution in [-0.4, -0.2) is 57.5 Å². The van der Waals surface area contributed by atoms with Crippen molar-refractivity contribution in [3.05, 3.63) is 12.5 Å². The summed E-state index contributed by atoms with van der Waals surface area (Å²) in [6.45, 7) is 0.722. The Kier molecular flexibility index (Phi) is 6.08. The Morgan fingerprint density at radius 1 is 1.40 bits per heavy atom. The van der Waals surface area contributed by atoms with Gasteiger partial charge in [-0.05, 0) is 42.9 Å². The molecular weight excluding hydrogens is 388 g/mol. The molecule has 3 aliphatic rings. The van der Waals surface area contributed by atoms with Gasteiger partial charge in [0.15, 0.2) is 0 Å². The van der Waals surface area contributed by atoms with Gasteiger partial charge in [0.1, 0.15) is 12.3 Å². The Hall–Kier alpha value is -2.42. The Morgan fingerprint density at radius 2 is 2.17 bits per heavy atom. The zero-order valence-corrected chi connectivity index (χ0v) is 17.2. The van der Waals surface area contributed by atoms with Gasteiger partial charge in [0.05, 0.1) is 12.7 Å². The van der Waals surface area contributed by atoms with Crippen molar-refractivity contribution in [1.29, 1.82) is 0 Å². The Balaban J connectivity index is 1.42. The highest BCUT2D eigenvalue weighted by atomic mass is 16.5. The lowest BCUT2D eigenvalue weighted by Crippen LogP contribution is -2.44. The first-order chi connectivity index (χ1) is 14.5. The molecule has 3 amide bonds. The van der Waals surface area contributed by atoms with Crippen molar-refractivity contribution < 1.29 is 24.0 Å². The minimum absolute atomic E-state index is 0.0566. The van der Waals surface area contributed by atoms with E-state index in [1.807, 2.05) is 0 Å². The third-order valence-corrected chi connectivity index (χ3v) is 6.92. The number of rotatable bonds is 9. The zero-order chi connectivity index (χ0) is 21.1. The molecule has 1 aliphatic heterocycles. The maximum atomic E-state index is 13.3. The molecule has 2 atom stereocenters. The largest absolute Gasteiger partial charge is 0.432 e. The molecule has 0 aromatic carbocycles. The van der Waals surface area contributed by atoms with Crippen LogP contribution in [0.5, 0.6) is 0 Å². The number of oxazole rings is 1. The second-order valence-corrected chi connectivity index (χ2v) is 9.25. The van der Waals surface area contributed by atoms with Crippen molar-refractivity contribution in [2.24, 2.45) is 17.3 Å². The molecule has 2 heterocycles. The molecule has 1 aromatic heterocycles. The lowest BCUT2D eigenvalue weighted by Gasteiger charge is -2.28. The van der Waals surface area contributed by atoms with Crippen LogP contribution in [-0.2, 0) is 14.4 Å². The third kappa shape index (κ3) is 4.83. The number of nitrogens with zero attached hydrogens (tertiary/aromatic N) is 3. The molecule has 1 aromatic rings. The van der Waals surface area contributed by atoms with Crippen LogP contribution in [0.25, 0.3) is 0 Å². The number of hydrogen-bond donors (Lipinski definition) is 2. The van der Waals surface area contributed by atoms with E-state index in [2.05, 4.69) is 10.3 Å². The quantitative estimate of drug-likeness (QED) is 0.361. The Bertz CT molecular complexity index is 757. The predicted molar refractivity (Wildman–Crippen MR) is 106 cm³/mol. The van der Waals surface area contributed by atoms with Gasteiger partial charge in [0.2, 0.25) is 12.3 Å². The van der Waals surface area contributed by atoms with Gasteiger partial charge in [-0.25, -0.2) is 10.0 Å². The van der Waals surface area contributed by atoms with E-state index in [9.17, 15) is 19.6 Å². The van der Waals surface area contributed by atoms with Crippen molar-refractivity contribution in [1.82, 2.24) is 14.9 Å². The van der Waals surface area contributed by atoms with E-state index in [0.29, 0.717) is 30.4 Å². The summed E-state index contributed by atoms with van der Waals surface area (Å²) in [7, 11) is 0. The second-order valence-electron chi connectivity index (χ2n) is 9.25. The minimum atomic E-state index is -0.546. The highest BCUT2D eigenvalue weighted by Gasteiger charge is 2.55. The summed E-state index contributed by atoms with van der Waals surface area (Å²) < 4.78 is 5.11. The van der Waals surface area contributed by atoms with Gasteiger partial charge >= 0.3 is 6.01 Å². The number of carbonyl (C=O) groups excluding carboxylic acids is 3. The van der Waals surface area contributed by atoms with E-state index in [4.69, 9.17) is 4.42 Å². The Labute approximate surface area is 175 Å². The number of hydroxylamine groups is 2. The van der Waals surface area contributed by atoms with E-state index in [1.54, 1.807) is 4.90 Å². The summed E-state index contributed by atoms with van der Waals surface area (Å²) in [6, 6.07) is -0.416. The molecule has 0 unspecified atom stereocenters. The molecule has 2 aliphatic carbocycles. The van der Waals surface area contributed by atoms with E-state index >= 15 is 0 Å². The number of amides is 3. The molecule has 4 rings (SSSR count). The van der Waals surface area contributed by atoms with Crippen molar-refractivity contribution >= 4 is 24.2 Å². The molecule has 2 N–H and O–H groups in total. The van der Waals surface area contributed by atoms with E-state index < -0.39 is 6.04 Å². The molecule has 1 spiro atoms. The first kappa shape index (κ1) is 20.8. The van der Waals surface area contributed by atoms with Crippen molar-refractivity contribution in [2.75, 3.05) is 18.4 Å². The van der Waals surface area contributed by atoms with Crippen LogP contribution in [0.1, 0.15) is 57.8 Å². The van der Waals surface area contributed by atoms with Crippen LogP contribution in [0, 0.1) is 17.3 Å². The molecular formula is C21H30N4O5. The summed E-state index contributed by atoms with van der Waals surface area (Å²) in [6.07, 6.45) is 11.6. The third-order valence-electron chi connectivity index (χ3n) is 6.92. The van der Waals surface area contributed by atoms with Gasteiger partial charge in [-0.3, -0.25) is 24.9 Å². The first-order valence-corrected chi connectivity index (χ1v) is 10.9. The highest BCUT2D eigenvalue weighted by Crippen LogP contribution is 2.55. The lowest BCUT2D eigenvalue weighted by molar-refractivity contribution is -0.154. The van der Waals surface area contributed by atoms with Crippen LogP contribution in [0.15, 0.2) is 16.9 Å². The van der Waals surface area contributed by atoms with Gasteiger partial charge in [0, 0.05) is 13.0 Å². The van der Waals surface area contributed by atoms with Crippen LogP contribution in [0.3, 0.4) is 0 Å². The molecule has 3 fully saturated rings. The summed E-state index contributed by atoms with van der Waals surface area (Å²) in [4.78, 5) is 42.6. The number of anilines is 1. The monoisotopic (exact) mass is 418 g/mol. The molecule has 1 saturated heterocycles. The van der Waals surface area contributed by atoms with Gasteiger partial charge < -0.3 is 9.32 Å². The molecule has 9 nitrogen and oxygen atoms in total. The second kappa shape index (κ2) is 8.75. The fourth-order valence-corrected chi connectivity index (χ4v) is 5.18. The molecule has 0 radical (unpaired) electrons. The normalized spacial score (nSPS) is 23.5. The standard InChI is InChI=1S/C21H30N4O5/c26-14-24(29)12-16(9-15-3-1-2-4-15)10-18(27)25-13-21(5-6-21)11-17(25)19(28)23-20-22-7-8-30-20/h7-8,14-17,29H,1-6,9-13H2,(H,22,23,28)/t16-,17+/m1/s1. The predicted octanol–water partition coefficient (Wildman–Crippen LogP) is 2.43. The number of likely N-dealkylation sites (tertiary alicyclic amines) is 1. The smallest absolute Gasteiger partial charge is 0.301 e. The fourth-order valence-electron chi connectivity index (χ4n) is 5.18. The molecule has 2 saturated carbocycles. The fraction of sp³-hybridized carbons (Fsp3) is 0.714. The number of carbonyl (C=O) groups is 3.